The molecular formula is C35H50FN5O2. The van der Waals surface area contributed by atoms with Gasteiger partial charge in [-0.3, -0.25) is 14.5 Å². The van der Waals surface area contributed by atoms with Crippen LogP contribution in [0.2, 0.25) is 0 Å². The van der Waals surface area contributed by atoms with Gasteiger partial charge >= 0.3 is 0 Å². The molecule has 2 saturated heterocycles. The van der Waals surface area contributed by atoms with Crippen LogP contribution in [-0.2, 0) is 29.0 Å². The van der Waals surface area contributed by atoms with Gasteiger partial charge in [-0.25, -0.2) is 4.39 Å². The van der Waals surface area contributed by atoms with Gasteiger partial charge in [0.25, 0.3) is 0 Å². The molecule has 2 N–H and O–H groups in total. The molecule has 43 heavy (non-hydrogen) atoms. The van der Waals surface area contributed by atoms with E-state index in [2.05, 4.69) is 60.3 Å². The maximum atomic E-state index is 14.1. The Kier molecular flexibility index (Phi) is 10.5. The van der Waals surface area contributed by atoms with Gasteiger partial charge < -0.3 is 20.4 Å². The third-order valence-corrected chi connectivity index (χ3v) is 9.58. The second-order valence-corrected chi connectivity index (χ2v) is 13.5. The van der Waals surface area contributed by atoms with E-state index in [1.165, 1.54) is 17.7 Å². The van der Waals surface area contributed by atoms with E-state index in [4.69, 9.17) is 0 Å². The third kappa shape index (κ3) is 8.02. The number of nitrogens with one attached hydrogen (secondary N) is 2. The van der Waals surface area contributed by atoms with Crippen molar-refractivity contribution in [1.82, 2.24) is 25.3 Å². The predicted molar refractivity (Wildman–Crippen MR) is 169 cm³/mol. The molecule has 0 unspecified atom stereocenters. The van der Waals surface area contributed by atoms with E-state index in [9.17, 15) is 14.0 Å². The zero-order chi connectivity index (χ0) is 30.5. The largest absolute Gasteiger partial charge is 0.343 e. The fourth-order valence-corrected chi connectivity index (χ4v) is 7.15. The summed E-state index contributed by atoms with van der Waals surface area (Å²) in [6.45, 7) is 14.4. The summed E-state index contributed by atoms with van der Waals surface area (Å²) in [6, 6.07) is 14.7. The molecule has 3 aliphatic rings. The van der Waals surface area contributed by atoms with Crippen molar-refractivity contribution in [2.24, 2.45) is 5.92 Å². The van der Waals surface area contributed by atoms with E-state index in [0.29, 0.717) is 56.5 Å². The van der Waals surface area contributed by atoms with Crippen LogP contribution < -0.4 is 10.6 Å². The molecule has 3 atom stereocenters. The maximum Gasteiger partial charge on any atom is 0.245 e. The van der Waals surface area contributed by atoms with Crippen LogP contribution in [0.25, 0.3) is 0 Å². The van der Waals surface area contributed by atoms with Gasteiger partial charge in [0.1, 0.15) is 11.9 Å². The van der Waals surface area contributed by atoms with Crippen molar-refractivity contribution in [3.63, 3.8) is 0 Å². The van der Waals surface area contributed by atoms with E-state index >= 15 is 0 Å². The Hall–Kier alpha value is -2.81. The summed E-state index contributed by atoms with van der Waals surface area (Å²) in [7, 11) is 0. The first-order valence-corrected chi connectivity index (χ1v) is 16.3. The minimum atomic E-state index is -0.705. The molecule has 8 heteroatoms. The lowest BCUT2D eigenvalue weighted by Crippen LogP contribution is -2.56. The molecule has 0 saturated carbocycles. The van der Waals surface area contributed by atoms with Gasteiger partial charge in [-0.2, -0.15) is 0 Å². The van der Waals surface area contributed by atoms with Crippen molar-refractivity contribution in [3.8, 4) is 0 Å². The van der Waals surface area contributed by atoms with E-state index in [1.807, 2.05) is 17.0 Å². The lowest BCUT2D eigenvalue weighted by molar-refractivity contribution is -0.136. The van der Waals surface area contributed by atoms with Gasteiger partial charge in [-0.15, -0.1) is 0 Å². The van der Waals surface area contributed by atoms with Crippen molar-refractivity contribution in [2.75, 3.05) is 32.7 Å². The first-order valence-electron chi connectivity index (χ1n) is 16.3. The highest BCUT2D eigenvalue weighted by atomic mass is 19.1. The van der Waals surface area contributed by atoms with Gasteiger partial charge in [-0.1, -0.05) is 50.2 Å². The molecule has 5 rings (SSSR count). The average Bonchev–Trinajstić information content (AvgIpc) is 3.50. The van der Waals surface area contributed by atoms with Crippen molar-refractivity contribution < 1.29 is 14.0 Å². The number of fused-ring (bicyclic) bond motifs is 1. The number of likely N-dealkylation sites (tertiary alicyclic amines) is 2. The van der Waals surface area contributed by atoms with Crippen LogP contribution in [0, 0.1) is 11.7 Å². The molecule has 2 aromatic rings. The summed E-state index contributed by atoms with van der Waals surface area (Å²) in [6.07, 6.45) is 4.19. The van der Waals surface area contributed by atoms with E-state index in [-0.39, 0.29) is 17.6 Å². The van der Waals surface area contributed by atoms with Crippen molar-refractivity contribution >= 4 is 11.8 Å². The summed E-state index contributed by atoms with van der Waals surface area (Å²) < 4.78 is 13.7. The highest BCUT2D eigenvalue weighted by Crippen LogP contribution is 2.27. The smallest absolute Gasteiger partial charge is 0.245 e. The Balaban J connectivity index is 1.27. The number of carbonyl (C=O) groups excluding carboxylic acids is 2. The Morgan fingerprint density at radius 3 is 2.30 bits per heavy atom. The van der Waals surface area contributed by atoms with Gasteiger partial charge in [0, 0.05) is 50.7 Å². The number of piperidine rings is 1. The molecule has 2 fully saturated rings. The number of rotatable bonds is 10. The number of benzene rings is 2. The molecule has 0 aliphatic carbocycles. The van der Waals surface area contributed by atoms with E-state index in [1.54, 1.807) is 12.1 Å². The molecule has 0 spiro atoms. The Morgan fingerprint density at radius 2 is 1.63 bits per heavy atom. The lowest BCUT2D eigenvalue weighted by Gasteiger charge is -2.43. The molecule has 234 valence electrons. The Bertz CT molecular complexity index is 1230. The van der Waals surface area contributed by atoms with Crippen molar-refractivity contribution in [1.29, 1.82) is 0 Å². The minimum absolute atomic E-state index is 0.0458. The van der Waals surface area contributed by atoms with Gasteiger partial charge in [0.2, 0.25) is 11.8 Å². The molecule has 3 aliphatic heterocycles. The van der Waals surface area contributed by atoms with Crippen LogP contribution in [0.15, 0.2) is 48.5 Å². The number of nitrogens with zero attached hydrogens (tertiary/aromatic N) is 3. The van der Waals surface area contributed by atoms with Crippen LogP contribution >= 0.6 is 0 Å². The molecule has 2 aromatic carbocycles. The monoisotopic (exact) mass is 591 g/mol. The predicted octanol–water partition coefficient (Wildman–Crippen LogP) is 4.00. The molecule has 7 nitrogen and oxygen atoms in total. The molecule has 0 bridgehead atoms. The fourth-order valence-electron chi connectivity index (χ4n) is 7.15. The van der Waals surface area contributed by atoms with E-state index in [0.717, 1.165) is 50.0 Å². The summed E-state index contributed by atoms with van der Waals surface area (Å²) in [5.41, 5.74) is 3.19. The number of amides is 2. The number of carbonyl (C=O) groups is 2. The topological polar surface area (TPSA) is 67.9 Å². The highest BCUT2D eigenvalue weighted by Gasteiger charge is 2.38. The van der Waals surface area contributed by atoms with Crippen LogP contribution in [0.1, 0.15) is 63.6 Å². The normalized spacial score (nSPS) is 22.3. The van der Waals surface area contributed by atoms with Crippen LogP contribution in [0.3, 0.4) is 0 Å². The van der Waals surface area contributed by atoms with Crippen LogP contribution in [0.5, 0.6) is 0 Å². The van der Waals surface area contributed by atoms with Gasteiger partial charge in [0.05, 0.1) is 6.04 Å². The van der Waals surface area contributed by atoms with Gasteiger partial charge in [-0.05, 0) is 87.4 Å². The molecular weight excluding hydrogens is 541 g/mol. The molecule has 3 heterocycles. The number of hydrogen-bond donors (Lipinski definition) is 2. The van der Waals surface area contributed by atoms with Crippen LogP contribution in [0.4, 0.5) is 4.39 Å². The standard InChI is InChI=1S/C35H50FN5O2/c1-24(2)22-41(30-13-16-39(17-14-30)25(3)4)31-15-18-40(23-31)35(43)33(19-26-9-11-29(36)12-10-26)38-34(42)32-20-27-7-5-6-8-28(27)21-37-32/h5-12,24-25,30-33,37H,13-23H2,1-4H3,(H,38,42)/t31-,32+,33+/m0/s1. The summed E-state index contributed by atoms with van der Waals surface area (Å²) in [4.78, 5) is 34.9. The summed E-state index contributed by atoms with van der Waals surface area (Å²) in [5, 5.41) is 6.46. The van der Waals surface area contributed by atoms with Gasteiger partial charge in [0.15, 0.2) is 0 Å². The lowest BCUT2D eigenvalue weighted by atomic mass is 9.95. The molecule has 2 amide bonds. The van der Waals surface area contributed by atoms with Crippen LogP contribution in [-0.4, -0.2) is 89.4 Å². The summed E-state index contributed by atoms with van der Waals surface area (Å²) in [5.74, 6) is 0.0265. The zero-order valence-electron chi connectivity index (χ0n) is 26.4. The first kappa shape index (κ1) is 31.6. The fraction of sp³-hybridized carbons (Fsp3) is 0.600. The van der Waals surface area contributed by atoms with E-state index < -0.39 is 12.1 Å². The quantitative estimate of drug-likeness (QED) is 0.438. The summed E-state index contributed by atoms with van der Waals surface area (Å²) >= 11 is 0. The minimum Gasteiger partial charge on any atom is -0.343 e. The molecule has 0 radical (unpaired) electrons. The third-order valence-electron chi connectivity index (χ3n) is 9.58. The number of halogens is 1. The number of hydrogen-bond acceptors (Lipinski definition) is 5. The van der Waals surface area contributed by atoms with Crippen molar-refractivity contribution in [3.05, 3.63) is 71.0 Å². The second-order valence-electron chi connectivity index (χ2n) is 13.5. The average molecular weight is 592 g/mol. The maximum absolute atomic E-state index is 14.1. The zero-order valence-corrected chi connectivity index (χ0v) is 26.4. The first-order chi connectivity index (χ1) is 20.7. The highest BCUT2D eigenvalue weighted by molar-refractivity contribution is 5.90. The van der Waals surface area contributed by atoms with Crippen molar-refractivity contribution in [2.45, 2.75) is 96.6 Å². The second kappa shape index (κ2) is 14.3. The molecule has 0 aromatic heterocycles. The SMILES string of the molecule is CC(C)CN(C1CCN(C(C)C)CC1)[C@H]1CCN(C(=O)[C@@H](Cc2ccc(F)cc2)NC(=O)[C@H]2Cc3ccccc3CN2)C1. The Morgan fingerprint density at radius 1 is 0.953 bits per heavy atom. The Labute approximate surface area is 257 Å².